The van der Waals surface area contributed by atoms with Crippen molar-refractivity contribution in [3.63, 3.8) is 0 Å². The van der Waals surface area contributed by atoms with Crippen LogP contribution in [-0.4, -0.2) is 43.8 Å². The van der Waals surface area contributed by atoms with Crippen molar-refractivity contribution < 1.29 is 8.42 Å². The number of aryl methyl sites for hydroxylation is 1. The minimum atomic E-state index is -3.38. The second kappa shape index (κ2) is 7.67. The summed E-state index contributed by atoms with van der Waals surface area (Å²) in [7, 11) is -3.38. The average Bonchev–Trinajstić information content (AvgIpc) is 2.91. The van der Waals surface area contributed by atoms with Gasteiger partial charge in [-0.25, -0.2) is 8.42 Å². The highest BCUT2D eigenvalue weighted by Gasteiger charge is 2.27. The summed E-state index contributed by atoms with van der Waals surface area (Å²) >= 11 is 1.33. The molecule has 2 aromatic rings. The SMILES string of the molecule is Cc1ccc(S(=O)(=O)N2CCCN(Cc3ccc(C#N)cc3)CC2)s1. The van der Waals surface area contributed by atoms with E-state index in [-0.39, 0.29) is 0 Å². The van der Waals surface area contributed by atoms with Crippen LogP contribution in [-0.2, 0) is 16.6 Å². The minimum Gasteiger partial charge on any atom is -0.298 e. The molecule has 0 unspecified atom stereocenters. The molecule has 1 saturated heterocycles. The van der Waals surface area contributed by atoms with Crippen molar-refractivity contribution in [2.24, 2.45) is 0 Å². The van der Waals surface area contributed by atoms with Gasteiger partial charge < -0.3 is 0 Å². The fourth-order valence-electron chi connectivity index (χ4n) is 2.97. The molecule has 7 heteroatoms. The van der Waals surface area contributed by atoms with Crippen LogP contribution in [0.4, 0.5) is 0 Å². The van der Waals surface area contributed by atoms with Gasteiger partial charge in [-0.1, -0.05) is 12.1 Å². The molecule has 0 amide bonds. The standard InChI is InChI=1S/C18H21N3O2S2/c1-15-3-8-18(24-15)25(22,23)21-10-2-9-20(11-12-21)14-17-6-4-16(13-19)5-7-17/h3-8H,2,9-12,14H2,1H3. The summed E-state index contributed by atoms with van der Waals surface area (Å²) < 4.78 is 27.6. The molecule has 1 aliphatic rings. The van der Waals surface area contributed by atoms with Gasteiger partial charge in [0.05, 0.1) is 11.6 Å². The molecule has 0 atom stereocenters. The van der Waals surface area contributed by atoms with Gasteiger partial charge >= 0.3 is 0 Å². The van der Waals surface area contributed by atoms with E-state index in [9.17, 15) is 8.42 Å². The molecular weight excluding hydrogens is 354 g/mol. The molecule has 1 fully saturated rings. The predicted molar refractivity (Wildman–Crippen MR) is 98.9 cm³/mol. The molecule has 1 aromatic carbocycles. The van der Waals surface area contributed by atoms with Gasteiger partial charge in [-0.05, 0) is 49.7 Å². The largest absolute Gasteiger partial charge is 0.298 e. The van der Waals surface area contributed by atoms with Gasteiger partial charge in [0.15, 0.2) is 0 Å². The molecule has 0 N–H and O–H groups in total. The Labute approximate surface area is 153 Å². The lowest BCUT2D eigenvalue weighted by atomic mass is 10.1. The fraction of sp³-hybridized carbons (Fsp3) is 0.389. The Hall–Kier alpha value is -1.72. The van der Waals surface area contributed by atoms with Crippen molar-refractivity contribution in [2.45, 2.75) is 24.1 Å². The highest BCUT2D eigenvalue weighted by Crippen LogP contribution is 2.25. The molecule has 1 aromatic heterocycles. The maximum atomic E-state index is 12.8. The quantitative estimate of drug-likeness (QED) is 0.824. The van der Waals surface area contributed by atoms with Gasteiger partial charge in [0.2, 0.25) is 0 Å². The van der Waals surface area contributed by atoms with E-state index in [1.165, 1.54) is 11.3 Å². The van der Waals surface area contributed by atoms with E-state index < -0.39 is 10.0 Å². The molecule has 0 aliphatic carbocycles. The zero-order chi connectivity index (χ0) is 17.9. The number of nitriles is 1. The molecule has 1 aliphatic heterocycles. The summed E-state index contributed by atoms with van der Waals surface area (Å²) in [5, 5.41) is 8.87. The highest BCUT2D eigenvalue weighted by molar-refractivity contribution is 7.91. The van der Waals surface area contributed by atoms with E-state index >= 15 is 0 Å². The molecule has 0 radical (unpaired) electrons. The number of hydrogen-bond donors (Lipinski definition) is 0. The topological polar surface area (TPSA) is 64.4 Å². The van der Waals surface area contributed by atoms with E-state index in [0.717, 1.165) is 30.0 Å². The van der Waals surface area contributed by atoms with E-state index in [1.807, 2.05) is 37.3 Å². The number of hydrogen-bond acceptors (Lipinski definition) is 5. The van der Waals surface area contributed by atoms with E-state index in [4.69, 9.17) is 5.26 Å². The first kappa shape index (κ1) is 18.1. The van der Waals surface area contributed by atoms with Crippen molar-refractivity contribution in [2.75, 3.05) is 26.2 Å². The second-order valence-corrected chi connectivity index (χ2v) is 9.66. The summed E-state index contributed by atoms with van der Waals surface area (Å²) in [6.45, 7) is 5.35. The number of sulfonamides is 1. The monoisotopic (exact) mass is 375 g/mol. The lowest BCUT2D eigenvalue weighted by molar-refractivity contribution is 0.278. The molecule has 3 rings (SSSR count). The lowest BCUT2D eigenvalue weighted by Crippen LogP contribution is -2.34. The number of benzene rings is 1. The Morgan fingerprint density at radius 3 is 2.48 bits per heavy atom. The summed E-state index contributed by atoms with van der Waals surface area (Å²) in [5.41, 5.74) is 1.80. The van der Waals surface area contributed by atoms with Crippen molar-refractivity contribution in [1.82, 2.24) is 9.21 Å². The molecule has 0 spiro atoms. The van der Waals surface area contributed by atoms with Crippen molar-refractivity contribution in [3.05, 3.63) is 52.4 Å². The zero-order valence-electron chi connectivity index (χ0n) is 14.2. The Morgan fingerprint density at radius 1 is 1.08 bits per heavy atom. The highest BCUT2D eigenvalue weighted by atomic mass is 32.2. The Balaban J connectivity index is 1.65. The maximum Gasteiger partial charge on any atom is 0.252 e. The Bertz CT molecular complexity index is 866. The van der Waals surface area contributed by atoms with Gasteiger partial charge in [0.1, 0.15) is 4.21 Å². The van der Waals surface area contributed by atoms with E-state index in [1.54, 1.807) is 10.4 Å². The normalized spacial score (nSPS) is 17.1. The van der Waals surface area contributed by atoms with Crippen LogP contribution < -0.4 is 0 Å². The third-order valence-electron chi connectivity index (χ3n) is 4.35. The third kappa shape index (κ3) is 4.28. The number of rotatable bonds is 4. The molecular formula is C18H21N3O2S2. The van der Waals surface area contributed by atoms with Crippen molar-refractivity contribution in [3.8, 4) is 6.07 Å². The van der Waals surface area contributed by atoms with Gasteiger partial charge in [0.25, 0.3) is 10.0 Å². The zero-order valence-corrected chi connectivity index (χ0v) is 15.8. The van der Waals surface area contributed by atoms with E-state index in [0.29, 0.717) is 29.4 Å². The van der Waals surface area contributed by atoms with Crippen LogP contribution in [0.15, 0.2) is 40.6 Å². The van der Waals surface area contributed by atoms with Crippen molar-refractivity contribution >= 4 is 21.4 Å². The van der Waals surface area contributed by atoms with Crippen LogP contribution in [0.25, 0.3) is 0 Å². The van der Waals surface area contributed by atoms with Gasteiger partial charge in [0, 0.05) is 31.1 Å². The summed E-state index contributed by atoms with van der Waals surface area (Å²) in [5.74, 6) is 0. The summed E-state index contributed by atoms with van der Waals surface area (Å²) in [4.78, 5) is 3.28. The van der Waals surface area contributed by atoms with Crippen LogP contribution in [0.2, 0.25) is 0 Å². The number of nitrogens with zero attached hydrogens (tertiary/aromatic N) is 3. The van der Waals surface area contributed by atoms with Gasteiger partial charge in [-0.15, -0.1) is 11.3 Å². The van der Waals surface area contributed by atoms with Gasteiger partial charge in [-0.3, -0.25) is 4.90 Å². The third-order valence-corrected chi connectivity index (χ3v) is 7.71. The van der Waals surface area contributed by atoms with Crippen LogP contribution in [0, 0.1) is 18.3 Å². The predicted octanol–water partition coefficient (Wildman–Crippen LogP) is 2.82. The van der Waals surface area contributed by atoms with Crippen LogP contribution in [0.3, 0.4) is 0 Å². The summed E-state index contributed by atoms with van der Waals surface area (Å²) in [6, 6.07) is 13.3. The first-order chi connectivity index (χ1) is 12.0. The van der Waals surface area contributed by atoms with Crippen LogP contribution in [0.1, 0.15) is 22.4 Å². The molecule has 0 saturated carbocycles. The second-order valence-electron chi connectivity index (χ2n) is 6.21. The summed E-state index contributed by atoms with van der Waals surface area (Å²) in [6.07, 6.45) is 0.819. The first-order valence-electron chi connectivity index (χ1n) is 8.27. The van der Waals surface area contributed by atoms with Gasteiger partial charge in [-0.2, -0.15) is 9.57 Å². The lowest BCUT2D eigenvalue weighted by Gasteiger charge is -2.21. The Kier molecular flexibility index (Phi) is 5.54. The smallest absolute Gasteiger partial charge is 0.252 e. The van der Waals surface area contributed by atoms with Crippen LogP contribution >= 0.6 is 11.3 Å². The molecule has 2 heterocycles. The van der Waals surface area contributed by atoms with Crippen molar-refractivity contribution in [1.29, 1.82) is 5.26 Å². The van der Waals surface area contributed by atoms with Crippen LogP contribution in [0.5, 0.6) is 0 Å². The molecule has 0 bridgehead atoms. The molecule has 25 heavy (non-hydrogen) atoms. The molecule has 132 valence electrons. The average molecular weight is 376 g/mol. The first-order valence-corrected chi connectivity index (χ1v) is 10.5. The fourth-order valence-corrected chi connectivity index (χ4v) is 5.87. The Morgan fingerprint density at radius 2 is 1.84 bits per heavy atom. The maximum absolute atomic E-state index is 12.8. The number of thiophene rings is 1. The van der Waals surface area contributed by atoms with E-state index in [2.05, 4.69) is 11.0 Å². The molecule has 5 nitrogen and oxygen atoms in total. The minimum absolute atomic E-state index is 0.436.